The number of carbonyl (C=O) groups excluding carboxylic acids is 1. The van der Waals surface area contributed by atoms with E-state index in [-0.39, 0.29) is 12.4 Å². The lowest BCUT2D eigenvalue weighted by Crippen LogP contribution is -2.08. The molecule has 4 bridgehead atoms. The van der Waals surface area contributed by atoms with E-state index in [4.69, 9.17) is 5.11 Å². The summed E-state index contributed by atoms with van der Waals surface area (Å²) in [6, 6.07) is 15.2. The number of aliphatic hydroxyl groups is 1. The minimum absolute atomic E-state index is 0.0760. The van der Waals surface area contributed by atoms with Crippen LogP contribution in [0, 0.1) is 0 Å². The van der Waals surface area contributed by atoms with E-state index in [0.717, 1.165) is 36.8 Å². The maximum absolute atomic E-state index is 12.4. The third-order valence-electron chi connectivity index (χ3n) is 4.44. The highest BCUT2D eigenvalue weighted by molar-refractivity contribution is 5.97. The van der Waals surface area contributed by atoms with Crippen LogP contribution in [0.1, 0.15) is 45.5 Å². The molecule has 0 saturated heterocycles. The molecule has 0 radical (unpaired) electrons. The quantitative estimate of drug-likeness (QED) is 0.876. The van der Waals surface area contributed by atoms with Gasteiger partial charge in [-0.25, -0.2) is 0 Å². The summed E-state index contributed by atoms with van der Waals surface area (Å²) < 4.78 is 0. The van der Waals surface area contributed by atoms with Gasteiger partial charge in [-0.3, -0.25) is 4.79 Å². The van der Waals surface area contributed by atoms with Gasteiger partial charge in [0.2, 0.25) is 0 Å². The molecule has 0 fully saturated rings. The van der Waals surface area contributed by atoms with Crippen molar-refractivity contribution in [2.75, 3.05) is 6.61 Å². The van der Waals surface area contributed by atoms with Gasteiger partial charge >= 0.3 is 0 Å². The van der Waals surface area contributed by atoms with Crippen molar-refractivity contribution in [1.29, 1.82) is 0 Å². The van der Waals surface area contributed by atoms with Gasteiger partial charge in [0, 0.05) is 18.6 Å². The number of rotatable bonds is 4. The van der Waals surface area contributed by atoms with Crippen LogP contribution in [0.2, 0.25) is 0 Å². The van der Waals surface area contributed by atoms with Crippen molar-refractivity contribution < 1.29 is 9.90 Å². The van der Waals surface area contributed by atoms with Crippen LogP contribution in [-0.4, -0.2) is 17.5 Å². The van der Waals surface area contributed by atoms with Crippen LogP contribution in [0.15, 0.2) is 42.5 Å². The molecule has 0 unspecified atom stereocenters. The van der Waals surface area contributed by atoms with Crippen LogP contribution in [-0.2, 0) is 25.7 Å². The molecule has 4 aliphatic carbocycles. The maximum atomic E-state index is 12.4. The van der Waals surface area contributed by atoms with Crippen LogP contribution in [0.4, 0.5) is 0 Å². The maximum Gasteiger partial charge on any atom is 0.163 e. The van der Waals surface area contributed by atoms with Gasteiger partial charge in [-0.05, 0) is 60.4 Å². The first-order valence-corrected chi connectivity index (χ1v) is 8.10. The second-order valence-corrected chi connectivity index (χ2v) is 6.06. The van der Waals surface area contributed by atoms with Crippen molar-refractivity contribution in [3.05, 3.63) is 70.3 Å². The fourth-order valence-electron chi connectivity index (χ4n) is 3.07. The Labute approximate surface area is 131 Å². The van der Waals surface area contributed by atoms with Crippen LogP contribution >= 0.6 is 0 Å². The predicted octanol–water partition coefficient (Wildman–Crippen LogP) is 3.53. The van der Waals surface area contributed by atoms with Crippen molar-refractivity contribution in [1.82, 2.24) is 0 Å². The summed E-state index contributed by atoms with van der Waals surface area (Å²) in [5.74, 6) is 0.164. The molecule has 0 spiro atoms. The Morgan fingerprint density at radius 3 is 2.14 bits per heavy atom. The lowest BCUT2D eigenvalue weighted by Gasteiger charge is -2.13. The molecule has 2 heteroatoms. The largest absolute Gasteiger partial charge is 0.396 e. The molecule has 4 aliphatic rings. The third kappa shape index (κ3) is 3.45. The van der Waals surface area contributed by atoms with E-state index >= 15 is 0 Å². The monoisotopic (exact) mass is 294 g/mol. The van der Waals surface area contributed by atoms with Crippen molar-refractivity contribution in [3.8, 4) is 0 Å². The van der Waals surface area contributed by atoms with E-state index in [2.05, 4.69) is 42.5 Å². The van der Waals surface area contributed by atoms with Gasteiger partial charge in [-0.1, -0.05) is 36.4 Å². The van der Waals surface area contributed by atoms with Crippen molar-refractivity contribution in [3.63, 3.8) is 0 Å². The van der Waals surface area contributed by atoms with E-state index in [1.807, 2.05) is 0 Å². The number of benzene rings is 2. The van der Waals surface area contributed by atoms with E-state index in [9.17, 15) is 4.79 Å². The standard InChI is InChI=1S/C20H22O2/c21-13-1-2-20(22)19-14-17-8-7-15-3-5-16(6-4-15)9-11-18(19)12-10-17/h3-6,10,12,14,21H,1-2,7-9,11,13H2. The van der Waals surface area contributed by atoms with E-state index in [1.54, 1.807) is 0 Å². The molecule has 2 aromatic carbocycles. The Hall–Kier alpha value is -1.93. The van der Waals surface area contributed by atoms with Crippen molar-refractivity contribution in [2.24, 2.45) is 0 Å². The summed E-state index contributed by atoms with van der Waals surface area (Å²) in [5, 5.41) is 8.95. The first-order valence-electron chi connectivity index (χ1n) is 8.10. The Bertz CT molecular complexity index is 656. The molecule has 2 aromatic rings. The molecule has 0 amide bonds. The second kappa shape index (κ2) is 6.89. The molecule has 22 heavy (non-hydrogen) atoms. The van der Waals surface area contributed by atoms with Crippen molar-refractivity contribution >= 4 is 5.78 Å². The van der Waals surface area contributed by atoms with Crippen LogP contribution in [0.25, 0.3) is 0 Å². The Morgan fingerprint density at radius 2 is 1.45 bits per heavy atom. The summed E-state index contributed by atoms with van der Waals surface area (Å²) in [5.41, 5.74) is 5.89. The topological polar surface area (TPSA) is 37.3 Å². The summed E-state index contributed by atoms with van der Waals surface area (Å²) in [4.78, 5) is 12.4. The lowest BCUT2D eigenvalue weighted by molar-refractivity contribution is 0.0970. The van der Waals surface area contributed by atoms with Crippen LogP contribution in [0.5, 0.6) is 0 Å². The lowest BCUT2D eigenvalue weighted by atomic mass is 9.91. The minimum Gasteiger partial charge on any atom is -0.396 e. The molecule has 1 N–H and O–H groups in total. The molecule has 0 saturated carbocycles. The number of aryl methyl sites for hydroxylation is 4. The van der Waals surface area contributed by atoms with Crippen molar-refractivity contribution in [2.45, 2.75) is 38.5 Å². The van der Waals surface area contributed by atoms with E-state index in [1.165, 1.54) is 16.7 Å². The molecule has 0 atom stereocenters. The average Bonchev–Trinajstić information content (AvgIpc) is 2.55. The Morgan fingerprint density at radius 1 is 0.864 bits per heavy atom. The number of Topliss-reactive ketones (excluding diaryl/α,β-unsaturated/α-hetero) is 1. The van der Waals surface area contributed by atoms with Gasteiger partial charge in [0.1, 0.15) is 0 Å². The first kappa shape index (κ1) is 15.0. The molecular weight excluding hydrogens is 272 g/mol. The molecule has 0 aliphatic heterocycles. The van der Waals surface area contributed by atoms with Gasteiger partial charge in [0.05, 0.1) is 0 Å². The zero-order valence-electron chi connectivity index (χ0n) is 12.8. The highest BCUT2D eigenvalue weighted by Crippen LogP contribution is 2.20. The highest BCUT2D eigenvalue weighted by atomic mass is 16.3. The number of aliphatic hydroxyl groups excluding tert-OH is 1. The van der Waals surface area contributed by atoms with Gasteiger partial charge < -0.3 is 5.11 Å². The van der Waals surface area contributed by atoms with Gasteiger partial charge in [-0.2, -0.15) is 0 Å². The fraction of sp³-hybridized carbons (Fsp3) is 0.350. The molecule has 114 valence electrons. The molecule has 6 rings (SSSR count). The number of ketones is 1. The number of hydrogen-bond donors (Lipinski definition) is 1. The fourth-order valence-corrected chi connectivity index (χ4v) is 3.07. The zero-order valence-corrected chi connectivity index (χ0v) is 12.8. The van der Waals surface area contributed by atoms with Gasteiger partial charge in [-0.15, -0.1) is 0 Å². The summed E-state index contributed by atoms with van der Waals surface area (Å²) in [7, 11) is 0. The normalized spacial score (nSPS) is 13.7. The summed E-state index contributed by atoms with van der Waals surface area (Å²) in [6.45, 7) is 0.0760. The van der Waals surface area contributed by atoms with E-state index in [0.29, 0.717) is 12.8 Å². The minimum atomic E-state index is 0.0760. The summed E-state index contributed by atoms with van der Waals surface area (Å²) in [6.07, 6.45) is 4.79. The first-order chi connectivity index (χ1) is 10.8. The molecular formula is C20H22O2. The third-order valence-corrected chi connectivity index (χ3v) is 4.44. The zero-order chi connectivity index (χ0) is 15.4. The number of carbonyl (C=O) groups is 1. The Balaban J connectivity index is 1.92. The second-order valence-electron chi connectivity index (χ2n) is 6.06. The predicted molar refractivity (Wildman–Crippen MR) is 88.4 cm³/mol. The molecule has 0 aromatic heterocycles. The van der Waals surface area contributed by atoms with Gasteiger partial charge in [0.25, 0.3) is 0 Å². The van der Waals surface area contributed by atoms with E-state index < -0.39 is 0 Å². The molecule has 2 nitrogen and oxygen atoms in total. The SMILES string of the molecule is O=C(CCCO)c1cc2ccc1CCc1ccc(cc1)CC2. The number of hydrogen-bond acceptors (Lipinski definition) is 2. The Kier molecular flexibility index (Phi) is 4.69. The highest BCUT2D eigenvalue weighted by Gasteiger charge is 2.13. The van der Waals surface area contributed by atoms with Crippen LogP contribution < -0.4 is 0 Å². The average molecular weight is 294 g/mol. The smallest absolute Gasteiger partial charge is 0.163 e. The molecule has 0 heterocycles. The van der Waals surface area contributed by atoms with Crippen LogP contribution in [0.3, 0.4) is 0 Å². The van der Waals surface area contributed by atoms with Gasteiger partial charge in [0.15, 0.2) is 5.78 Å². The summed E-state index contributed by atoms with van der Waals surface area (Å²) >= 11 is 0.